The van der Waals surface area contributed by atoms with Crippen LogP contribution in [0.25, 0.3) is 0 Å². The quantitative estimate of drug-likeness (QED) is 0.550. The molecule has 0 N–H and O–H groups in total. The average molecular weight is 152 g/mol. The normalized spacial score (nSPS) is 35.9. The zero-order valence-corrected chi connectivity index (χ0v) is 7.76. The number of rotatable bonds is 2. The van der Waals surface area contributed by atoms with Gasteiger partial charge in [0.25, 0.3) is 0 Å². The van der Waals surface area contributed by atoms with Crippen LogP contribution in [0.15, 0.2) is 0 Å². The highest BCUT2D eigenvalue weighted by molar-refractivity contribution is 6.11. The first kappa shape index (κ1) is 9.12. The van der Waals surface area contributed by atoms with Gasteiger partial charge in [0.1, 0.15) is 7.85 Å². The van der Waals surface area contributed by atoms with Crippen molar-refractivity contribution in [3.05, 3.63) is 0 Å². The molecule has 0 unspecified atom stereocenters. The summed E-state index contributed by atoms with van der Waals surface area (Å²) in [5, 5.41) is 0. The SMILES string of the molecule is [B][C@H]1C[C@H](C)C(CC)(CC)O1. The maximum atomic E-state index is 5.74. The van der Waals surface area contributed by atoms with Crippen molar-refractivity contribution in [1.29, 1.82) is 0 Å². The molecule has 1 aliphatic rings. The molecule has 0 aromatic heterocycles. The molecule has 0 saturated carbocycles. The van der Waals surface area contributed by atoms with Gasteiger partial charge >= 0.3 is 0 Å². The lowest BCUT2D eigenvalue weighted by atomic mass is 9.82. The molecule has 1 fully saturated rings. The molecule has 11 heavy (non-hydrogen) atoms. The Morgan fingerprint density at radius 3 is 2.18 bits per heavy atom. The van der Waals surface area contributed by atoms with Gasteiger partial charge in [0.05, 0.1) is 5.60 Å². The predicted octanol–water partition coefficient (Wildman–Crippen LogP) is 2.10. The lowest BCUT2D eigenvalue weighted by Crippen LogP contribution is -2.32. The fraction of sp³-hybridized carbons (Fsp3) is 1.00. The van der Waals surface area contributed by atoms with Crippen molar-refractivity contribution >= 4 is 7.85 Å². The third-order valence-electron chi connectivity index (χ3n) is 3.07. The minimum absolute atomic E-state index is 0.0232. The van der Waals surface area contributed by atoms with Crippen LogP contribution in [-0.2, 0) is 4.74 Å². The third kappa shape index (κ3) is 1.46. The molecular weight excluding hydrogens is 135 g/mol. The molecule has 0 aromatic carbocycles. The average Bonchev–Trinajstić information content (AvgIpc) is 2.27. The van der Waals surface area contributed by atoms with E-state index in [9.17, 15) is 0 Å². The number of ether oxygens (including phenoxy) is 1. The van der Waals surface area contributed by atoms with Crippen molar-refractivity contribution < 1.29 is 4.74 Å². The van der Waals surface area contributed by atoms with Crippen molar-refractivity contribution in [2.75, 3.05) is 0 Å². The lowest BCUT2D eigenvalue weighted by Gasteiger charge is -2.30. The second kappa shape index (κ2) is 3.18. The molecule has 1 aliphatic heterocycles. The standard InChI is InChI=1S/C9H17BO/c1-4-9(5-2)7(3)6-8(10)11-9/h7-8H,4-6H2,1-3H3/t7-,8+/m0/s1. The smallest absolute Gasteiger partial charge is 0.109 e. The van der Waals surface area contributed by atoms with Gasteiger partial charge < -0.3 is 4.74 Å². The minimum atomic E-state index is -0.0232. The minimum Gasteiger partial charge on any atom is -0.381 e. The second-order valence-corrected chi connectivity index (χ2v) is 3.56. The zero-order valence-electron chi connectivity index (χ0n) is 7.76. The van der Waals surface area contributed by atoms with Crippen LogP contribution < -0.4 is 0 Å². The van der Waals surface area contributed by atoms with Gasteiger partial charge in [0.2, 0.25) is 0 Å². The summed E-state index contributed by atoms with van der Waals surface area (Å²) in [6, 6.07) is -0.0232. The van der Waals surface area contributed by atoms with E-state index in [1.807, 2.05) is 0 Å². The number of hydrogen-bond acceptors (Lipinski definition) is 1. The molecule has 2 heteroatoms. The Kier molecular flexibility index (Phi) is 2.63. The van der Waals surface area contributed by atoms with Crippen molar-refractivity contribution in [3.63, 3.8) is 0 Å². The Hall–Kier alpha value is 0.0249. The van der Waals surface area contributed by atoms with Crippen LogP contribution in [0, 0.1) is 5.92 Å². The van der Waals surface area contributed by atoms with Crippen LogP contribution >= 0.6 is 0 Å². The van der Waals surface area contributed by atoms with Crippen molar-refractivity contribution in [3.8, 4) is 0 Å². The monoisotopic (exact) mass is 152 g/mol. The molecule has 1 saturated heterocycles. The first-order valence-electron chi connectivity index (χ1n) is 4.58. The van der Waals surface area contributed by atoms with E-state index in [-0.39, 0.29) is 11.6 Å². The van der Waals surface area contributed by atoms with E-state index in [0.29, 0.717) is 5.92 Å². The van der Waals surface area contributed by atoms with Crippen LogP contribution in [0.3, 0.4) is 0 Å². The van der Waals surface area contributed by atoms with Gasteiger partial charge in [0.15, 0.2) is 0 Å². The third-order valence-corrected chi connectivity index (χ3v) is 3.07. The van der Waals surface area contributed by atoms with E-state index in [4.69, 9.17) is 12.6 Å². The van der Waals surface area contributed by atoms with Gasteiger partial charge in [-0.2, -0.15) is 0 Å². The molecule has 1 nitrogen and oxygen atoms in total. The van der Waals surface area contributed by atoms with Crippen molar-refractivity contribution in [1.82, 2.24) is 0 Å². The van der Waals surface area contributed by atoms with E-state index in [1.54, 1.807) is 0 Å². The van der Waals surface area contributed by atoms with E-state index in [2.05, 4.69) is 20.8 Å². The Morgan fingerprint density at radius 1 is 1.45 bits per heavy atom. The molecule has 62 valence electrons. The maximum Gasteiger partial charge on any atom is 0.109 e. The zero-order chi connectivity index (χ0) is 8.48. The Balaban J connectivity index is 2.67. The molecule has 0 amide bonds. The highest BCUT2D eigenvalue weighted by atomic mass is 16.5. The van der Waals surface area contributed by atoms with Crippen LogP contribution in [0.4, 0.5) is 0 Å². The van der Waals surface area contributed by atoms with Gasteiger partial charge in [-0.1, -0.05) is 20.8 Å². The van der Waals surface area contributed by atoms with Crippen molar-refractivity contribution in [2.45, 2.75) is 51.6 Å². The molecule has 1 rings (SSSR count). The maximum absolute atomic E-state index is 5.74. The highest BCUT2D eigenvalue weighted by Crippen LogP contribution is 2.39. The Labute approximate surface area is 70.9 Å². The molecule has 2 radical (unpaired) electrons. The summed E-state index contributed by atoms with van der Waals surface area (Å²) in [5.74, 6) is 0.618. The van der Waals surface area contributed by atoms with E-state index >= 15 is 0 Å². The molecular formula is C9H17BO. The summed E-state index contributed by atoms with van der Waals surface area (Å²) in [7, 11) is 5.73. The summed E-state index contributed by atoms with van der Waals surface area (Å²) >= 11 is 0. The van der Waals surface area contributed by atoms with Gasteiger partial charge in [-0.25, -0.2) is 0 Å². The summed E-state index contributed by atoms with van der Waals surface area (Å²) in [5.41, 5.74) is 0.0828. The van der Waals surface area contributed by atoms with Gasteiger partial charge in [-0.05, 0) is 25.2 Å². The number of hydrogen-bond donors (Lipinski definition) is 0. The fourth-order valence-corrected chi connectivity index (χ4v) is 2.14. The van der Waals surface area contributed by atoms with E-state index in [0.717, 1.165) is 19.3 Å². The molecule has 0 aliphatic carbocycles. The van der Waals surface area contributed by atoms with Crippen molar-refractivity contribution in [2.24, 2.45) is 5.92 Å². The Bertz CT molecular complexity index is 132. The Morgan fingerprint density at radius 2 is 2.00 bits per heavy atom. The molecule has 0 bridgehead atoms. The van der Waals surface area contributed by atoms with Crippen LogP contribution in [0.2, 0.25) is 0 Å². The van der Waals surface area contributed by atoms with Gasteiger partial charge in [-0.3, -0.25) is 0 Å². The van der Waals surface area contributed by atoms with Gasteiger partial charge in [0, 0.05) is 6.00 Å². The molecule has 1 heterocycles. The topological polar surface area (TPSA) is 9.23 Å². The first-order chi connectivity index (χ1) is 5.14. The molecule has 0 spiro atoms. The van der Waals surface area contributed by atoms with Gasteiger partial charge in [-0.15, -0.1) is 0 Å². The van der Waals surface area contributed by atoms with Crippen LogP contribution in [0.5, 0.6) is 0 Å². The predicted molar refractivity (Wildman–Crippen MR) is 47.7 cm³/mol. The second-order valence-electron chi connectivity index (χ2n) is 3.56. The molecule has 2 atom stereocenters. The van der Waals surface area contributed by atoms with Crippen LogP contribution in [-0.4, -0.2) is 19.5 Å². The first-order valence-corrected chi connectivity index (χ1v) is 4.58. The largest absolute Gasteiger partial charge is 0.381 e. The summed E-state index contributed by atoms with van der Waals surface area (Å²) in [4.78, 5) is 0. The van der Waals surface area contributed by atoms with Crippen LogP contribution in [0.1, 0.15) is 40.0 Å². The van der Waals surface area contributed by atoms with E-state index in [1.165, 1.54) is 0 Å². The highest BCUT2D eigenvalue weighted by Gasteiger charge is 2.41. The summed E-state index contributed by atoms with van der Waals surface area (Å²) in [6.45, 7) is 6.59. The lowest BCUT2D eigenvalue weighted by molar-refractivity contribution is -0.0369. The summed E-state index contributed by atoms with van der Waals surface area (Å²) < 4.78 is 5.74. The fourth-order valence-electron chi connectivity index (χ4n) is 2.14. The molecule has 0 aromatic rings. The summed E-state index contributed by atoms with van der Waals surface area (Å²) in [6.07, 6.45) is 3.18. The van der Waals surface area contributed by atoms with E-state index < -0.39 is 0 Å².